The number of anilines is 1. The summed E-state index contributed by atoms with van der Waals surface area (Å²) in [6.45, 7) is 4.31. The number of para-hydroxylation sites is 1. The van der Waals surface area contributed by atoms with Crippen LogP contribution in [0.1, 0.15) is 18.9 Å². The summed E-state index contributed by atoms with van der Waals surface area (Å²) in [6.07, 6.45) is 2.35. The molecule has 0 saturated heterocycles. The first-order chi connectivity index (χ1) is 10.0. The fourth-order valence-corrected chi connectivity index (χ4v) is 2.02. The summed E-state index contributed by atoms with van der Waals surface area (Å²) < 4.78 is 0. The number of nitrogens with one attached hydrogen (secondary N) is 2. The molecule has 2 rings (SSSR count). The quantitative estimate of drug-likeness (QED) is 0.667. The van der Waals surface area contributed by atoms with Crippen LogP contribution in [0.2, 0.25) is 0 Å². The van der Waals surface area contributed by atoms with E-state index in [2.05, 4.69) is 15.6 Å². The Kier molecular flexibility index (Phi) is 4.32. The Morgan fingerprint density at radius 3 is 2.86 bits per heavy atom. The van der Waals surface area contributed by atoms with Crippen LogP contribution in [-0.2, 0) is 0 Å². The summed E-state index contributed by atoms with van der Waals surface area (Å²) in [5, 5.41) is 17.0. The lowest BCUT2D eigenvalue weighted by atomic mass is 10.1. The fraction of sp³-hybridized carbons (Fsp3) is 0.286. The van der Waals surface area contributed by atoms with Gasteiger partial charge in [-0.15, -0.1) is 0 Å². The number of nitro groups is 1. The van der Waals surface area contributed by atoms with Gasteiger partial charge in [-0.1, -0.05) is 19.1 Å². The number of pyridine rings is 1. The molecule has 0 aliphatic heterocycles. The topological polar surface area (TPSA) is 97.2 Å². The summed E-state index contributed by atoms with van der Waals surface area (Å²) in [5.41, 5.74) is 1.47. The van der Waals surface area contributed by atoms with Gasteiger partial charge in [0.05, 0.1) is 10.6 Å². The Morgan fingerprint density at radius 1 is 1.43 bits per heavy atom. The fourth-order valence-electron chi connectivity index (χ4n) is 2.02. The summed E-state index contributed by atoms with van der Waals surface area (Å²) >= 11 is 0. The Labute approximate surface area is 121 Å². The first-order valence-corrected chi connectivity index (χ1v) is 6.62. The minimum atomic E-state index is -0.481. The third-order valence-electron chi connectivity index (χ3n) is 3.04. The van der Waals surface area contributed by atoms with E-state index in [1.54, 1.807) is 19.1 Å². The van der Waals surface area contributed by atoms with Crippen LogP contribution >= 0.6 is 0 Å². The monoisotopic (exact) mass is 288 g/mol. The Balaban J connectivity index is 2.47. The molecular weight excluding hydrogens is 272 g/mol. The van der Waals surface area contributed by atoms with Crippen LogP contribution in [0.25, 0.3) is 10.9 Å². The van der Waals surface area contributed by atoms with Gasteiger partial charge in [-0.2, -0.15) is 0 Å². The van der Waals surface area contributed by atoms with E-state index in [-0.39, 0.29) is 17.2 Å². The van der Waals surface area contributed by atoms with Crippen LogP contribution in [-0.4, -0.2) is 22.5 Å². The number of hydrogen-bond acceptors (Lipinski definition) is 4. The second-order valence-corrected chi connectivity index (χ2v) is 4.63. The molecule has 7 heteroatoms. The Morgan fingerprint density at radius 2 is 2.19 bits per heavy atom. The van der Waals surface area contributed by atoms with Gasteiger partial charge >= 0.3 is 6.03 Å². The molecule has 2 N–H and O–H groups in total. The van der Waals surface area contributed by atoms with E-state index in [1.807, 2.05) is 6.92 Å². The predicted octanol–water partition coefficient (Wildman–Crippen LogP) is 2.98. The molecule has 1 aromatic heterocycles. The van der Waals surface area contributed by atoms with Gasteiger partial charge < -0.3 is 10.6 Å². The standard InChI is InChI=1S/C14H16N4O3/c1-3-7-15-14(19)17-12-9(2)8-16-13-10(12)5-4-6-11(13)18(20)21/h4-6,8H,3,7H2,1-2H3,(H2,15,16,17,19). The second kappa shape index (κ2) is 6.17. The highest BCUT2D eigenvalue weighted by atomic mass is 16.6. The van der Waals surface area contributed by atoms with Crippen LogP contribution in [0.15, 0.2) is 24.4 Å². The highest BCUT2D eigenvalue weighted by Crippen LogP contribution is 2.30. The SMILES string of the molecule is CCCNC(=O)Nc1c(C)cnc2c([N+](=O)[O-])cccc12. The molecule has 0 bridgehead atoms. The van der Waals surface area contributed by atoms with Gasteiger partial charge in [0.2, 0.25) is 0 Å². The van der Waals surface area contributed by atoms with Crippen molar-refractivity contribution in [2.75, 3.05) is 11.9 Å². The number of carbonyl (C=O) groups excluding carboxylic acids is 1. The molecule has 110 valence electrons. The minimum Gasteiger partial charge on any atom is -0.338 e. The number of nitrogens with zero attached hydrogens (tertiary/aromatic N) is 2. The lowest BCUT2D eigenvalue weighted by Gasteiger charge is -2.12. The predicted molar refractivity (Wildman–Crippen MR) is 80.4 cm³/mol. The highest BCUT2D eigenvalue weighted by Gasteiger charge is 2.17. The molecule has 1 aromatic carbocycles. The molecule has 0 spiro atoms. The molecule has 21 heavy (non-hydrogen) atoms. The number of non-ortho nitro benzene ring substituents is 1. The van der Waals surface area contributed by atoms with E-state index in [4.69, 9.17) is 0 Å². The van der Waals surface area contributed by atoms with Crippen molar-refractivity contribution in [1.29, 1.82) is 0 Å². The molecule has 0 aliphatic rings. The number of amides is 2. The summed E-state index contributed by atoms with van der Waals surface area (Å²) in [5.74, 6) is 0. The number of rotatable bonds is 4. The van der Waals surface area contributed by atoms with Gasteiger partial charge in [0.1, 0.15) is 5.52 Å². The summed E-state index contributed by atoms with van der Waals surface area (Å²) in [4.78, 5) is 26.5. The van der Waals surface area contributed by atoms with Crippen molar-refractivity contribution in [2.24, 2.45) is 0 Å². The Hall–Kier alpha value is -2.70. The largest absolute Gasteiger partial charge is 0.338 e. The number of benzene rings is 1. The van der Waals surface area contributed by atoms with Crippen molar-refractivity contribution in [2.45, 2.75) is 20.3 Å². The van der Waals surface area contributed by atoms with Crippen LogP contribution < -0.4 is 10.6 Å². The lowest BCUT2D eigenvalue weighted by Crippen LogP contribution is -2.29. The van der Waals surface area contributed by atoms with E-state index >= 15 is 0 Å². The zero-order valence-electron chi connectivity index (χ0n) is 11.8. The zero-order valence-corrected chi connectivity index (χ0v) is 11.8. The molecule has 1 heterocycles. The minimum absolute atomic E-state index is 0.0792. The zero-order chi connectivity index (χ0) is 15.4. The maximum atomic E-state index is 11.8. The number of nitro benzene ring substituents is 1. The molecule has 0 aliphatic carbocycles. The number of fused-ring (bicyclic) bond motifs is 1. The van der Waals surface area contributed by atoms with E-state index < -0.39 is 4.92 Å². The first-order valence-electron chi connectivity index (χ1n) is 6.62. The average molecular weight is 288 g/mol. The molecule has 7 nitrogen and oxygen atoms in total. The third-order valence-corrected chi connectivity index (χ3v) is 3.04. The molecule has 0 radical (unpaired) electrons. The summed E-state index contributed by atoms with van der Waals surface area (Å²) in [6, 6.07) is 4.35. The van der Waals surface area contributed by atoms with Crippen molar-refractivity contribution in [1.82, 2.24) is 10.3 Å². The third kappa shape index (κ3) is 3.07. The number of urea groups is 1. The number of carbonyl (C=O) groups is 1. The van der Waals surface area contributed by atoms with Crippen LogP contribution in [0, 0.1) is 17.0 Å². The van der Waals surface area contributed by atoms with Crippen LogP contribution in [0.5, 0.6) is 0 Å². The van der Waals surface area contributed by atoms with Gasteiger partial charge in [0, 0.05) is 24.2 Å². The molecule has 2 aromatic rings. The van der Waals surface area contributed by atoms with Gasteiger partial charge in [-0.25, -0.2) is 9.78 Å². The van der Waals surface area contributed by atoms with Gasteiger partial charge in [0.25, 0.3) is 5.69 Å². The van der Waals surface area contributed by atoms with Crippen molar-refractivity contribution in [3.63, 3.8) is 0 Å². The van der Waals surface area contributed by atoms with E-state index in [0.717, 1.165) is 12.0 Å². The van der Waals surface area contributed by atoms with Gasteiger partial charge in [-0.3, -0.25) is 10.1 Å². The van der Waals surface area contributed by atoms with Gasteiger partial charge in [0.15, 0.2) is 0 Å². The molecule has 0 atom stereocenters. The number of aromatic nitrogens is 1. The maximum Gasteiger partial charge on any atom is 0.319 e. The lowest BCUT2D eigenvalue weighted by molar-refractivity contribution is -0.383. The van der Waals surface area contributed by atoms with Crippen molar-refractivity contribution in [3.8, 4) is 0 Å². The summed E-state index contributed by atoms with van der Waals surface area (Å²) in [7, 11) is 0. The maximum absolute atomic E-state index is 11.8. The molecular formula is C14H16N4O3. The number of hydrogen-bond donors (Lipinski definition) is 2. The molecule has 2 amide bonds. The van der Waals surface area contributed by atoms with E-state index in [1.165, 1.54) is 12.3 Å². The van der Waals surface area contributed by atoms with Crippen LogP contribution in [0.3, 0.4) is 0 Å². The Bertz CT molecular complexity index is 700. The second-order valence-electron chi connectivity index (χ2n) is 4.63. The normalized spacial score (nSPS) is 10.4. The van der Waals surface area contributed by atoms with Gasteiger partial charge in [-0.05, 0) is 18.9 Å². The van der Waals surface area contributed by atoms with Crippen molar-refractivity contribution in [3.05, 3.63) is 40.1 Å². The van der Waals surface area contributed by atoms with Crippen molar-refractivity contribution < 1.29 is 9.72 Å². The van der Waals surface area contributed by atoms with Crippen LogP contribution in [0.4, 0.5) is 16.2 Å². The molecule has 0 saturated carbocycles. The smallest absolute Gasteiger partial charge is 0.319 e. The first kappa shape index (κ1) is 14.7. The molecule has 0 unspecified atom stereocenters. The highest BCUT2D eigenvalue weighted by molar-refractivity contribution is 6.03. The average Bonchev–Trinajstić information content (AvgIpc) is 2.47. The number of aryl methyl sites for hydroxylation is 1. The van der Waals surface area contributed by atoms with E-state index in [9.17, 15) is 14.9 Å². The molecule has 0 fully saturated rings. The van der Waals surface area contributed by atoms with Crippen molar-refractivity contribution >= 4 is 28.3 Å². The van der Waals surface area contributed by atoms with E-state index in [0.29, 0.717) is 17.6 Å².